The molecular weight excluding hydrogens is 423 g/mol. The fourth-order valence-electron chi connectivity index (χ4n) is 3.37. The summed E-state index contributed by atoms with van der Waals surface area (Å²) >= 11 is 0. The van der Waals surface area contributed by atoms with Crippen molar-refractivity contribution >= 4 is 33.5 Å². The van der Waals surface area contributed by atoms with Crippen LogP contribution in [0.25, 0.3) is 33.1 Å². The number of alkyl halides is 5. The fraction of sp³-hybridized carbons (Fsp3) is 0.150. The highest BCUT2D eigenvalue weighted by atomic mass is 19.4. The number of nitrogens with two attached hydrogens (primary N) is 1. The van der Waals surface area contributed by atoms with Gasteiger partial charge >= 0.3 is 12.1 Å². The summed E-state index contributed by atoms with van der Waals surface area (Å²) in [4.78, 5) is 15.8. The van der Waals surface area contributed by atoms with Crippen molar-refractivity contribution in [3.05, 3.63) is 47.7 Å². The highest BCUT2D eigenvalue weighted by molar-refractivity contribution is 6.13. The van der Waals surface area contributed by atoms with E-state index in [1.165, 1.54) is 6.20 Å². The highest BCUT2D eigenvalue weighted by Crippen LogP contribution is 2.41. The zero-order valence-electron chi connectivity index (χ0n) is 15.6. The van der Waals surface area contributed by atoms with Crippen molar-refractivity contribution < 1.29 is 31.5 Å². The molecule has 0 saturated carbocycles. The number of hydrogen-bond acceptors (Lipinski definition) is 5. The van der Waals surface area contributed by atoms with E-state index in [1.807, 2.05) is 0 Å². The lowest BCUT2D eigenvalue weighted by Gasteiger charge is -2.17. The summed E-state index contributed by atoms with van der Waals surface area (Å²) in [7, 11) is 0. The van der Waals surface area contributed by atoms with Gasteiger partial charge in [0, 0.05) is 33.0 Å². The molecule has 3 N–H and O–H groups in total. The normalized spacial score (nSPS) is 11.9. The molecule has 0 atom stereocenters. The maximum Gasteiger partial charge on any atom is 0.491 e. The van der Waals surface area contributed by atoms with Gasteiger partial charge in [0.1, 0.15) is 19.1 Å². The van der Waals surface area contributed by atoms with Gasteiger partial charge < -0.3 is 10.5 Å². The molecule has 31 heavy (non-hydrogen) atoms. The first-order valence-corrected chi connectivity index (χ1v) is 8.83. The highest BCUT2D eigenvalue weighted by Gasteiger charge is 2.42. The standard InChI is InChI=1S/C20H13F5N4O2/c21-6-10-5-14(31-19(30)20(23,24)25)12(7-22)16-13-8-27-29-18(13)28-17(15(10)16)9-1-3-11(26)4-2-9/h1-5,8H,6-7,26H2,(H,27,28,29). The number of fused-ring (bicyclic) bond motifs is 3. The van der Waals surface area contributed by atoms with Crippen LogP contribution in [0.2, 0.25) is 0 Å². The van der Waals surface area contributed by atoms with Crippen molar-refractivity contribution in [2.75, 3.05) is 5.73 Å². The molecule has 160 valence electrons. The average molecular weight is 436 g/mol. The van der Waals surface area contributed by atoms with E-state index < -0.39 is 31.2 Å². The van der Waals surface area contributed by atoms with Crippen molar-refractivity contribution in [3.63, 3.8) is 0 Å². The van der Waals surface area contributed by atoms with Crippen LogP contribution >= 0.6 is 0 Å². The van der Waals surface area contributed by atoms with Crippen molar-refractivity contribution in [3.8, 4) is 17.0 Å². The van der Waals surface area contributed by atoms with Crippen LogP contribution in [0.4, 0.5) is 27.6 Å². The molecule has 4 aromatic rings. The summed E-state index contributed by atoms with van der Waals surface area (Å²) in [5.41, 5.74) is 6.64. The van der Waals surface area contributed by atoms with Crippen LogP contribution in [0.1, 0.15) is 11.1 Å². The number of benzene rings is 2. The molecule has 2 aromatic carbocycles. The number of nitrogen functional groups attached to an aromatic ring is 1. The largest absolute Gasteiger partial charge is 0.491 e. The number of aromatic nitrogens is 3. The van der Waals surface area contributed by atoms with Crippen molar-refractivity contribution in [1.29, 1.82) is 0 Å². The third-order valence-corrected chi connectivity index (χ3v) is 4.72. The Morgan fingerprint density at radius 2 is 1.81 bits per heavy atom. The van der Waals surface area contributed by atoms with Gasteiger partial charge in [0.05, 0.1) is 11.9 Å². The van der Waals surface area contributed by atoms with E-state index in [4.69, 9.17) is 5.73 Å². The average Bonchev–Trinajstić information content (AvgIpc) is 3.21. The van der Waals surface area contributed by atoms with E-state index in [0.29, 0.717) is 11.3 Å². The fourth-order valence-corrected chi connectivity index (χ4v) is 3.37. The SMILES string of the molecule is Nc1ccc(-c2nc3[nH]ncc3c3c(CF)c(OC(=O)C(F)(F)F)cc(CF)c23)cc1. The van der Waals surface area contributed by atoms with Crippen LogP contribution < -0.4 is 10.5 Å². The predicted molar refractivity (Wildman–Crippen MR) is 103 cm³/mol. The Labute approximate surface area is 170 Å². The minimum Gasteiger partial charge on any atom is -0.419 e. The van der Waals surface area contributed by atoms with Crippen LogP contribution in [-0.4, -0.2) is 27.3 Å². The molecule has 0 bridgehead atoms. The number of carbonyl (C=O) groups is 1. The van der Waals surface area contributed by atoms with E-state index >= 15 is 0 Å². The minimum atomic E-state index is -5.31. The number of aromatic amines is 1. The second-order valence-electron chi connectivity index (χ2n) is 6.63. The lowest BCUT2D eigenvalue weighted by atomic mass is 9.94. The lowest BCUT2D eigenvalue weighted by molar-refractivity contribution is -0.189. The number of ether oxygens (including phenoxy) is 1. The van der Waals surface area contributed by atoms with Gasteiger partial charge in [0.2, 0.25) is 0 Å². The first-order valence-electron chi connectivity index (χ1n) is 8.83. The Hall–Kier alpha value is -3.76. The number of nitrogens with one attached hydrogen (secondary N) is 1. The second kappa shape index (κ2) is 7.49. The number of nitrogens with zero attached hydrogens (tertiary/aromatic N) is 2. The van der Waals surface area contributed by atoms with Gasteiger partial charge in [-0.25, -0.2) is 18.6 Å². The molecule has 0 fully saturated rings. The Bertz CT molecular complexity index is 1300. The molecule has 11 heteroatoms. The van der Waals surface area contributed by atoms with Gasteiger partial charge in [-0.05, 0) is 23.8 Å². The molecule has 0 aliphatic heterocycles. The Morgan fingerprint density at radius 3 is 2.42 bits per heavy atom. The molecule has 0 saturated heterocycles. The third kappa shape index (κ3) is 3.51. The number of hydrogen-bond donors (Lipinski definition) is 2. The number of anilines is 1. The number of carbonyl (C=O) groups excluding carboxylic acids is 1. The molecule has 0 aliphatic carbocycles. The molecule has 6 nitrogen and oxygen atoms in total. The molecule has 0 radical (unpaired) electrons. The van der Waals surface area contributed by atoms with Crippen LogP contribution in [-0.2, 0) is 18.1 Å². The van der Waals surface area contributed by atoms with Crippen molar-refractivity contribution in [2.24, 2.45) is 0 Å². The van der Waals surface area contributed by atoms with Gasteiger partial charge in [0.15, 0.2) is 5.65 Å². The summed E-state index contributed by atoms with van der Waals surface area (Å²) in [6.07, 6.45) is -4.02. The van der Waals surface area contributed by atoms with Crippen LogP contribution in [0.15, 0.2) is 36.5 Å². The molecule has 4 rings (SSSR count). The monoisotopic (exact) mass is 436 g/mol. The molecule has 2 heterocycles. The Morgan fingerprint density at radius 1 is 1.10 bits per heavy atom. The molecule has 0 amide bonds. The maximum atomic E-state index is 14.1. The Kier molecular flexibility index (Phi) is 4.96. The van der Waals surface area contributed by atoms with Gasteiger partial charge in [-0.2, -0.15) is 18.3 Å². The zero-order valence-corrected chi connectivity index (χ0v) is 15.6. The van der Waals surface area contributed by atoms with Crippen LogP contribution in [0.3, 0.4) is 0 Å². The van der Waals surface area contributed by atoms with Gasteiger partial charge in [-0.15, -0.1) is 0 Å². The molecule has 0 unspecified atom stereocenters. The first kappa shape index (κ1) is 20.5. The van der Waals surface area contributed by atoms with E-state index in [-0.39, 0.29) is 38.6 Å². The Balaban J connectivity index is 2.10. The lowest BCUT2D eigenvalue weighted by Crippen LogP contribution is -2.28. The summed E-state index contributed by atoms with van der Waals surface area (Å²) in [5.74, 6) is -3.26. The predicted octanol–water partition coefficient (Wildman–Crippen LogP) is 4.77. The zero-order chi connectivity index (χ0) is 22.3. The van der Waals surface area contributed by atoms with Gasteiger partial charge in [-0.1, -0.05) is 12.1 Å². The number of esters is 1. The molecule has 2 aromatic heterocycles. The van der Waals surface area contributed by atoms with E-state index in [0.717, 1.165) is 6.07 Å². The number of rotatable bonds is 4. The quantitative estimate of drug-likeness (QED) is 0.208. The van der Waals surface area contributed by atoms with Crippen molar-refractivity contribution in [1.82, 2.24) is 15.2 Å². The topological polar surface area (TPSA) is 93.9 Å². The molecule has 0 aliphatic rings. The number of H-pyrrole nitrogens is 1. The van der Waals surface area contributed by atoms with Crippen LogP contribution in [0.5, 0.6) is 5.75 Å². The maximum absolute atomic E-state index is 14.1. The summed E-state index contributed by atoms with van der Waals surface area (Å²) in [5, 5.41) is 6.92. The van der Waals surface area contributed by atoms with Gasteiger partial charge in [0.25, 0.3) is 0 Å². The smallest absolute Gasteiger partial charge is 0.419 e. The van der Waals surface area contributed by atoms with E-state index in [2.05, 4.69) is 19.9 Å². The molecular formula is C20H13F5N4O2. The van der Waals surface area contributed by atoms with E-state index in [1.54, 1.807) is 24.3 Å². The first-order chi connectivity index (χ1) is 14.7. The summed E-state index contributed by atoms with van der Waals surface area (Å²) in [6, 6.07) is 7.30. The number of halogens is 5. The second-order valence-corrected chi connectivity index (χ2v) is 6.63. The van der Waals surface area contributed by atoms with Crippen LogP contribution in [0, 0.1) is 0 Å². The van der Waals surface area contributed by atoms with E-state index in [9.17, 15) is 26.7 Å². The van der Waals surface area contributed by atoms with Crippen molar-refractivity contribution in [2.45, 2.75) is 19.5 Å². The summed E-state index contributed by atoms with van der Waals surface area (Å²) in [6.45, 7) is -2.42. The molecule has 0 spiro atoms. The summed E-state index contributed by atoms with van der Waals surface area (Å²) < 4.78 is 70.6. The number of pyridine rings is 1. The minimum absolute atomic E-state index is 0.0493. The third-order valence-electron chi connectivity index (χ3n) is 4.72. The van der Waals surface area contributed by atoms with Gasteiger partial charge in [-0.3, -0.25) is 5.10 Å².